The van der Waals surface area contributed by atoms with Gasteiger partial charge in [0.05, 0.1) is 11.6 Å². The molecule has 98 valence electrons. The molecule has 0 aliphatic carbocycles. The maximum absolute atomic E-state index is 5.36. The van der Waals surface area contributed by atoms with Crippen LogP contribution >= 0.6 is 0 Å². The molecule has 0 fully saturated rings. The maximum Gasteiger partial charge on any atom is 0.241 e. The van der Waals surface area contributed by atoms with Crippen LogP contribution in [0.4, 0.5) is 11.8 Å². The molecular weight excluding hydrogens is 230 g/mol. The van der Waals surface area contributed by atoms with E-state index in [9.17, 15) is 0 Å². The van der Waals surface area contributed by atoms with Gasteiger partial charge < -0.3 is 5.32 Å². The van der Waals surface area contributed by atoms with Crippen molar-refractivity contribution in [2.75, 3.05) is 10.7 Å². The molecule has 2 rings (SSSR count). The highest BCUT2D eigenvalue weighted by atomic mass is 15.3. The van der Waals surface area contributed by atoms with E-state index in [-0.39, 0.29) is 0 Å². The summed E-state index contributed by atoms with van der Waals surface area (Å²) >= 11 is 0. The quantitative estimate of drug-likeness (QED) is 0.472. The molecule has 2 aromatic rings. The minimum absolute atomic E-state index is 0.351. The molecule has 0 aromatic carbocycles. The lowest BCUT2D eigenvalue weighted by atomic mass is 10.0. The number of nitrogens with one attached hydrogen (secondary N) is 3. The van der Waals surface area contributed by atoms with E-state index in [1.807, 2.05) is 0 Å². The average Bonchev–Trinajstić information content (AvgIpc) is 2.83. The van der Waals surface area contributed by atoms with Gasteiger partial charge in [0.25, 0.3) is 0 Å². The van der Waals surface area contributed by atoms with Crippen molar-refractivity contribution >= 4 is 22.8 Å². The number of aromatic amines is 1. The highest BCUT2D eigenvalue weighted by molar-refractivity contribution is 5.87. The third kappa shape index (κ3) is 2.35. The number of H-pyrrole nitrogens is 1. The van der Waals surface area contributed by atoms with Gasteiger partial charge in [-0.15, -0.1) is 0 Å². The standard InChI is InChI=1S/C11H19N7/c1-4-8(6(2)3)14-9-7-5-13-18-10(7)16-11(15-9)17-12/h5-6,8H,4,12H2,1-3H3,(H3,13,14,15,16,17,18). The molecule has 7 heteroatoms. The number of nitrogen functional groups attached to an aromatic ring is 1. The van der Waals surface area contributed by atoms with Crippen LogP contribution in [-0.2, 0) is 0 Å². The fourth-order valence-electron chi connectivity index (χ4n) is 1.93. The second-order valence-electron chi connectivity index (χ2n) is 4.58. The predicted molar refractivity (Wildman–Crippen MR) is 72.0 cm³/mol. The molecule has 0 radical (unpaired) electrons. The smallest absolute Gasteiger partial charge is 0.241 e. The van der Waals surface area contributed by atoms with Crippen LogP contribution in [-0.4, -0.2) is 26.2 Å². The van der Waals surface area contributed by atoms with Crippen molar-refractivity contribution in [3.05, 3.63) is 6.20 Å². The van der Waals surface area contributed by atoms with Crippen molar-refractivity contribution < 1.29 is 0 Å². The fourth-order valence-corrected chi connectivity index (χ4v) is 1.93. The van der Waals surface area contributed by atoms with Crippen LogP contribution in [0.3, 0.4) is 0 Å². The van der Waals surface area contributed by atoms with Gasteiger partial charge in [-0.1, -0.05) is 20.8 Å². The normalized spacial score (nSPS) is 12.9. The van der Waals surface area contributed by atoms with E-state index in [2.05, 4.69) is 51.7 Å². The molecule has 7 nitrogen and oxygen atoms in total. The van der Waals surface area contributed by atoms with Crippen molar-refractivity contribution in [3.63, 3.8) is 0 Å². The van der Waals surface area contributed by atoms with E-state index in [1.165, 1.54) is 0 Å². The van der Waals surface area contributed by atoms with E-state index in [4.69, 9.17) is 5.84 Å². The van der Waals surface area contributed by atoms with Crippen molar-refractivity contribution in [2.24, 2.45) is 11.8 Å². The zero-order valence-corrected chi connectivity index (χ0v) is 10.9. The minimum atomic E-state index is 0.351. The molecule has 0 spiro atoms. The van der Waals surface area contributed by atoms with Gasteiger partial charge in [-0.05, 0) is 12.3 Å². The first-order valence-electron chi connectivity index (χ1n) is 6.10. The SMILES string of the molecule is CCC(Nc1nc(NN)nc2[nH]ncc12)C(C)C. The molecule has 2 aromatic heterocycles. The topological polar surface area (TPSA) is 105 Å². The van der Waals surface area contributed by atoms with Gasteiger partial charge in [0.15, 0.2) is 5.65 Å². The van der Waals surface area contributed by atoms with Crippen LogP contribution in [0.1, 0.15) is 27.2 Å². The van der Waals surface area contributed by atoms with E-state index in [1.54, 1.807) is 6.20 Å². The van der Waals surface area contributed by atoms with E-state index in [0.717, 1.165) is 17.6 Å². The number of anilines is 2. The summed E-state index contributed by atoms with van der Waals surface area (Å²) in [6.07, 6.45) is 2.73. The van der Waals surface area contributed by atoms with E-state index >= 15 is 0 Å². The molecule has 1 unspecified atom stereocenters. The van der Waals surface area contributed by atoms with Gasteiger partial charge >= 0.3 is 0 Å². The second-order valence-corrected chi connectivity index (χ2v) is 4.58. The molecular formula is C11H19N7. The summed E-state index contributed by atoms with van der Waals surface area (Å²) in [5.41, 5.74) is 3.13. The Bertz CT molecular complexity index is 519. The first-order chi connectivity index (χ1) is 8.65. The van der Waals surface area contributed by atoms with Crippen molar-refractivity contribution in [3.8, 4) is 0 Å². The summed E-state index contributed by atoms with van der Waals surface area (Å²) < 4.78 is 0. The molecule has 0 saturated carbocycles. The molecule has 0 saturated heterocycles. The Morgan fingerprint density at radius 3 is 2.78 bits per heavy atom. The summed E-state index contributed by atoms with van der Waals surface area (Å²) in [6, 6.07) is 0.351. The highest BCUT2D eigenvalue weighted by Gasteiger charge is 2.15. The zero-order chi connectivity index (χ0) is 13.1. The van der Waals surface area contributed by atoms with Crippen LogP contribution < -0.4 is 16.6 Å². The van der Waals surface area contributed by atoms with Crippen LogP contribution in [0, 0.1) is 5.92 Å². The van der Waals surface area contributed by atoms with Crippen LogP contribution in [0.15, 0.2) is 6.20 Å². The van der Waals surface area contributed by atoms with Crippen LogP contribution in [0.5, 0.6) is 0 Å². The summed E-state index contributed by atoms with van der Waals surface area (Å²) in [5, 5.41) is 11.1. The average molecular weight is 249 g/mol. The zero-order valence-electron chi connectivity index (χ0n) is 10.9. The lowest BCUT2D eigenvalue weighted by molar-refractivity contribution is 0.510. The summed E-state index contributed by atoms with van der Waals surface area (Å²) in [4.78, 5) is 8.53. The second kappa shape index (κ2) is 5.18. The first kappa shape index (κ1) is 12.6. The van der Waals surface area contributed by atoms with Gasteiger partial charge in [0, 0.05) is 6.04 Å². The van der Waals surface area contributed by atoms with E-state index in [0.29, 0.717) is 23.6 Å². The van der Waals surface area contributed by atoms with Gasteiger partial charge in [-0.25, -0.2) is 5.84 Å². The van der Waals surface area contributed by atoms with Crippen LogP contribution in [0.2, 0.25) is 0 Å². The Kier molecular flexibility index (Phi) is 3.61. The number of hydrogen-bond acceptors (Lipinski definition) is 6. The fraction of sp³-hybridized carbons (Fsp3) is 0.545. The number of aromatic nitrogens is 4. The molecule has 18 heavy (non-hydrogen) atoms. The lowest BCUT2D eigenvalue weighted by Crippen LogP contribution is -2.25. The van der Waals surface area contributed by atoms with Gasteiger partial charge in [0.1, 0.15) is 5.82 Å². The number of hydrazine groups is 1. The van der Waals surface area contributed by atoms with Gasteiger partial charge in [-0.3, -0.25) is 10.5 Å². The van der Waals surface area contributed by atoms with Gasteiger partial charge in [0.2, 0.25) is 5.95 Å². The highest BCUT2D eigenvalue weighted by Crippen LogP contribution is 2.22. The molecule has 5 N–H and O–H groups in total. The molecule has 1 atom stereocenters. The van der Waals surface area contributed by atoms with Crippen molar-refractivity contribution in [2.45, 2.75) is 33.2 Å². The predicted octanol–water partition coefficient (Wildman–Crippen LogP) is 1.48. The number of nitrogens with zero attached hydrogens (tertiary/aromatic N) is 3. The third-order valence-corrected chi connectivity index (χ3v) is 3.01. The van der Waals surface area contributed by atoms with Crippen molar-refractivity contribution in [1.82, 2.24) is 20.2 Å². The molecule has 0 bridgehead atoms. The summed E-state index contributed by atoms with van der Waals surface area (Å²) in [7, 11) is 0. The van der Waals surface area contributed by atoms with Gasteiger partial charge in [-0.2, -0.15) is 15.1 Å². The largest absolute Gasteiger partial charge is 0.366 e. The maximum atomic E-state index is 5.36. The summed E-state index contributed by atoms with van der Waals surface area (Å²) in [5.74, 6) is 7.00. The number of fused-ring (bicyclic) bond motifs is 1. The number of rotatable bonds is 5. The minimum Gasteiger partial charge on any atom is -0.366 e. The van der Waals surface area contributed by atoms with Crippen LogP contribution in [0.25, 0.3) is 11.0 Å². The molecule has 2 heterocycles. The number of hydrogen-bond donors (Lipinski definition) is 4. The van der Waals surface area contributed by atoms with Crippen molar-refractivity contribution in [1.29, 1.82) is 0 Å². The Morgan fingerprint density at radius 1 is 1.39 bits per heavy atom. The molecule has 0 amide bonds. The third-order valence-electron chi connectivity index (χ3n) is 3.01. The number of nitrogens with two attached hydrogens (primary N) is 1. The Morgan fingerprint density at radius 2 is 2.17 bits per heavy atom. The van der Waals surface area contributed by atoms with E-state index < -0.39 is 0 Å². The summed E-state index contributed by atoms with van der Waals surface area (Å²) in [6.45, 7) is 6.50. The Hall–Kier alpha value is -1.89. The first-order valence-corrected chi connectivity index (χ1v) is 6.10. The molecule has 0 aliphatic heterocycles. The Balaban J connectivity index is 2.39. The lowest BCUT2D eigenvalue weighted by Gasteiger charge is -2.21. The monoisotopic (exact) mass is 249 g/mol. The Labute approximate surface area is 106 Å². The molecule has 0 aliphatic rings.